The van der Waals surface area contributed by atoms with Crippen molar-refractivity contribution in [2.75, 3.05) is 19.8 Å². The molecule has 1 saturated heterocycles. The molecule has 1 saturated carbocycles. The number of benzene rings is 2. The zero-order valence-electron chi connectivity index (χ0n) is 23.1. The lowest BCUT2D eigenvalue weighted by molar-refractivity contribution is -0.147. The molecule has 5 rings (SSSR count). The third-order valence-electron chi connectivity index (χ3n) is 8.43. The summed E-state index contributed by atoms with van der Waals surface area (Å²) in [5.41, 5.74) is 3.99. The highest BCUT2D eigenvalue weighted by atomic mass is 32.2. The summed E-state index contributed by atoms with van der Waals surface area (Å²) >= 11 is 0. The summed E-state index contributed by atoms with van der Waals surface area (Å²) in [6, 6.07) is 15.4. The molecule has 1 aliphatic heterocycles. The lowest BCUT2D eigenvalue weighted by Crippen LogP contribution is -2.53. The summed E-state index contributed by atoms with van der Waals surface area (Å²) in [5, 5.41) is 0.983. The van der Waals surface area contributed by atoms with Crippen LogP contribution in [-0.4, -0.2) is 55.6 Å². The van der Waals surface area contributed by atoms with E-state index >= 15 is 0 Å². The Kier molecular flexibility index (Phi) is 8.17. The Morgan fingerprint density at radius 2 is 1.79 bits per heavy atom. The van der Waals surface area contributed by atoms with Crippen LogP contribution in [0.25, 0.3) is 22.2 Å². The van der Waals surface area contributed by atoms with Crippen LogP contribution in [0.3, 0.4) is 0 Å². The van der Waals surface area contributed by atoms with Crippen LogP contribution in [0.4, 0.5) is 0 Å². The van der Waals surface area contributed by atoms with Crippen molar-refractivity contribution in [3.05, 3.63) is 61.0 Å². The molecule has 0 bridgehead atoms. The van der Waals surface area contributed by atoms with Crippen molar-refractivity contribution >= 4 is 26.8 Å². The van der Waals surface area contributed by atoms with Gasteiger partial charge in [-0.05, 0) is 74.3 Å². The maximum atomic E-state index is 13.4. The molecule has 3 aromatic rings. The number of rotatable bonds is 7. The number of aromatic nitrogens is 1. The molecule has 7 nitrogen and oxygen atoms in total. The molecule has 0 unspecified atom stereocenters. The van der Waals surface area contributed by atoms with E-state index in [4.69, 9.17) is 11.7 Å². The Morgan fingerprint density at radius 3 is 2.46 bits per heavy atom. The van der Waals surface area contributed by atoms with Gasteiger partial charge >= 0.3 is 0 Å². The lowest BCUT2D eigenvalue weighted by Gasteiger charge is -2.41. The number of ether oxygens (including phenoxy) is 1. The Hall–Kier alpha value is -2.68. The van der Waals surface area contributed by atoms with Crippen molar-refractivity contribution in [2.24, 2.45) is 18.9 Å². The van der Waals surface area contributed by atoms with Gasteiger partial charge in [0.05, 0.1) is 24.2 Å². The average Bonchev–Trinajstić information content (AvgIpc) is 3.28. The summed E-state index contributed by atoms with van der Waals surface area (Å²) < 4.78 is 37.3. The summed E-state index contributed by atoms with van der Waals surface area (Å²) in [6.45, 7) is 11.8. The van der Waals surface area contributed by atoms with E-state index in [9.17, 15) is 13.2 Å². The minimum Gasteiger partial charge on any atom is -0.377 e. The standard InChI is InChI=1S/C31H39N3O4S/c1-5-22-6-8-23(9-7-22)28-18-25-12-15-27(19-29(25)33(28)4)39(36,37)32-26-13-10-24(11-14-26)31(35)34-16-17-38-20-30(34)21(2)3/h1,6-9,12,15,18-19,21,24,26,30,32H,5,10-11,13-14,16-17,20H2,2-4H3/t24?,26?,30-/m1/s1. The number of aryl methyl sites for hydroxylation is 1. The van der Waals surface area contributed by atoms with Crippen LogP contribution >= 0.6 is 0 Å². The van der Waals surface area contributed by atoms with Gasteiger partial charge in [-0.2, -0.15) is 0 Å². The van der Waals surface area contributed by atoms with Crippen molar-refractivity contribution in [2.45, 2.75) is 62.9 Å². The number of morpholine rings is 1. The van der Waals surface area contributed by atoms with E-state index in [-0.39, 0.29) is 28.8 Å². The van der Waals surface area contributed by atoms with Crippen molar-refractivity contribution < 1.29 is 17.9 Å². The summed E-state index contributed by atoms with van der Waals surface area (Å²) in [6.07, 6.45) is 3.19. The fourth-order valence-electron chi connectivity index (χ4n) is 5.99. The number of sulfonamides is 1. The molecule has 1 atom stereocenters. The number of nitrogens with one attached hydrogen (secondary N) is 1. The molecule has 8 heteroatoms. The second-order valence-corrected chi connectivity index (χ2v) is 13.0. The smallest absolute Gasteiger partial charge is 0.240 e. The lowest BCUT2D eigenvalue weighted by atomic mass is 9.85. The van der Waals surface area contributed by atoms with Gasteiger partial charge in [-0.25, -0.2) is 13.1 Å². The monoisotopic (exact) mass is 549 g/mol. The maximum absolute atomic E-state index is 13.4. The molecule has 1 amide bonds. The van der Waals surface area contributed by atoms with Gasteiger partial charge < -0.3 is 14.2 Å². The molecule has 1 aromatic heterocycles. The number of hydrogen-bond donors (Lipinski definition) is 1. The van der Waals surface area contributed by atoms with Crippen LogP contribution in [0, 0.1) is 18.8 Å². The summed E-state index contributed by atoms with van der Waals surface area (Å²) in [4.78, 5) is 15.6. The molecule has 2 aliphatic rings. The Labute approximate surface area is 232 Å². The first-order valence-electron chi connectivity index (χ1n) is 14.0. The first-order valence-corrected chi connectivity index (χ1v) is 15.5. The zero-order valence-corrected chi connectivity index (χ0v) is 23.9. The minimum atomic E-state index is -3.70. The molecule has 2 radical (unpaired) electrons. The molecule has 2 heterocycles. The third-order valence-corrected chi connectivity index (χ3v) is 9.95. The van der Waals surface area contributed by atoms with Crippen LogP contribution in [0.1, 0.15) is 45.1 Å². The van der Waals surface area contributed by atoms with Gasteiger partial charge in [0.25, 0.3) is 0 Å². The number of nitrogens with zero attached hydrogens (tertiary/aromatic N) is 2. The van der Waals surface area contributed by atoms with E-state index in [2.05, 4.69) is 24.6 Å². The normalized spacial score (nSPS) is 22.5. The van der Waals surface area contributed by atoms with Crippen LogP contribution in [0.15, 0.2) is 53.4 Å². The van der Waals surface area contributed by atoms with Crippen molar-refractivity contribution in [3.8, 4) is 11.3 Å². The van der Waals surface area contributed by atoms with Gasteiger partial charge in [0.1, 0.15) is 0 Å². The van der Waals surface area contributed by atoms with E-state index < -0.39 is 10.0 Å². The molecule has 2 aromatic carbocycles. The van der Waals surface area contributed by atoms with Gasteiger partial charge in [0.2, 0.25) is 15.9 Å². The van der Waals surface area contributed by atoms with Gasteiger partial charge in [-0.15, -0.1) is 0 Å². The summed E-state index contributed by atoms with van der Waals surface area (Å²) in [5.74, 6) is 0.481. The Bertz CT molecular complexity index is 1420. The van der Waals surface area contributed by atoms with Gasteiger partial charge in [0.15, 0.2) is 0 Å². The van der Waals surface area contributed by atoms with Crippen molar-refractivity contribution in [1.82, 2.24) is 14.2 Å². The van der Waals surface area contributed by atoms with Gasteiger partial charge in [0, 0.05) is 42.1 Å². The quantitative estimate of drug-likeness (QED) is 0.458. The molecular weight excluding hydrogens is 510 g/mol. The fraction of sp³-hybridized carbons (Fsp3) is 0.484. The maximum Gasteiger partial charge on any atom is 0.240 e. The van der Waals surface area contributed by atoms with Crippen LogP contribution < -0.4 is 4.72 Å². The molecular formula is C31H39N3O4S. The fourth-order valence-corrected chi connectivity index (χ4v) is 7.32. The summed E-state index contributed by atoms with van der Waals surface area (Å²) in [7, 11) is -1.75. The van der Waals surface area contributed by atoms with E-state index in [1.165, 1.54) is 0 Å². The highest BCUT2D eigenvalue weighted by Crippen LogP contribution is 2.31. The highest BCUT2D eigenvalue weighted by molar-refractivity contribution is 7.89. The predicted octanol–water partition coefficient (Wildman–Crippen LogP) is 4.82. The second kappa shape index (κ2) is 11.4. The van der Waals surface area contributed by atoms with Gasteiger partial charge in [-0.1, -0.05) is 44.2 Å². The first kappa shape index (κ1) is 27.9. The van der Waals surface area contributed by atoms with E-state index in [1.54, 1.807) is 12.1 Å². The number of carbonyl (C=O) groups is 1. The number of hydrogen-bond acceptors (Lipinski definition) is 4. The molecule has 1 N–H and O–H groups in total. The van der Waals surface area contributed by atoms with E-state index in [1.807, 2.05) is 46.8 Å². The first-order chi connectivity index (χ1) is 18.7. The number of fused-ring (bicyclic) bond motifs is 1. The average molecular weight is 550 g/mol. The zero-order chi connectivity index (χ0) is 27.7. The van der Waals surface area contributed by atoms with Crippen molar-refractivity contribution in [1.29, 1.82) is 0 Å². The predicted molar refractivity (Wildman–Crippen MR) is 154 cm³/mol. The SMILES string of the molecule is [CH]Cc1ccc(-c2cc3ccc(S(=O)(=O)NC4CCC(C(=O)N5CCOC[C@@H]5C(C)C)CC4)cc3n2C)cc1. The topological polar surface area (TPSA) is 80.6 Å². The number of carbonyl (C=O) groups excluding carboxylic acids is 1. The Morgan fingerprint density at radius 1 is 1.08 bits per heavy atom. The largest absolute Gasteiger partial charge is 0.377 e. The second-order valence-electron chi connectivity index (χ2n) is 11.3. The molecule has 2 fully saturated rings. The number of amides is 1. The van der Waals surface area contributed by atoms with Gasteiger partial charge in [-0.3, -0.25) is 4.79 Å². The molecule has 0 spiro atoms. The minimum absolute atomic E-state index is 0.0536. The molecule has 208 valence electrons. The van der Waals surface area contributed by atoms with Crippen LogP contribution in [0.5, 0.6) is 0 Å². The molecule has 39 heavy (non-hydrogen) atoms. The Balaban J connectivity index is 1.26. The van der Waals surface area contributed by atoms with E-state index in [0.29, 0.717) is 57.8 Å². The highest BCUT2D eigenvalue weighted by Gasteiger charge is 2.36. The van der Waals surface area contributed by atoms with Crippen LogP contribution in [0.2, 0.25) is 0 Å². The van der Waals surface area contributed by atoms with Crippen molar-refractivity contribution in [3.63, 3.8) is 0 Å². The van der Waals surface area contributed by atoms with Crippen LogP contribution in [-0.2, 0) is 33.0 Å². The third kappa shape index (κ3) is 5.79. The molecule has 1 aliphatic carbocycles. The van der Waals surface area contributed by atoms with E-state index in [0.717, 1.165) is 27.7 Å².